The molecule has 0 aliphatic carbocycles. The first-order valence-electron chi connectivity index (χ1n) is 7.09. The highest BCUT2D eigenvalue weighted by Crippen LogP contribution is 2.07. The van der Waals surface area contributed by atoms with E-state index in [0.29, 0.717) is 29.8 Å². The van der Waals surface area contributed by atoms with Crippen molar-refractivity contribution in [3.63, 3.8) is 0 Å². The third-order valence-corrected chi connectivity index (χ3v) is 3.52. The minimum atomic E-state index is -0.336. The number of hydrogen-bond donors (Lipinski definition) is 2. The molecule has 116 valence electrons. The molecule has 0 aliphatic heterocycles. The average Bonchev–Trinajstić information content (AvgIpc) is 2.51. The second-order valence-corrected chi connectivity index (χ2v) is 5.15. The number of hydrogen-bond acceptors (Lipinski definition) is 4. The molecule has 0 radical (unpaired) electrons. The molecule has 0 spiro atoms. The van der Waals surface area contributed by atoms with Crippen LogP contribution in [0.15, 0.2) is 41.7 Å². The van der Waals surface area contributed by atoms with Crippen molar-refractivity contribution in [2.24, 2.45) is 0 Å². The van der Waals surface area contributed by atoms with Crippen molar-refractivity contribution in [1.29, 1.82) is 0 Å². The Morgan fingerprint density at radius 3 is 2.95 bits per heavy atom. The van der Waals surface area contributed by atoms with Crippen LogP contribution in [0.2, 0.25) is 0 Å². The topological polar surface area (TPSA) is 78.1 Å². The lowest BCUT2D eigenvalue weighted by Crippen LogP contribution is -2.43. The Morgan fingerprint density at radius 1 is 1.50 bits per heavy atom. The predicted octanol–water partition coefficient (Wildman–Crippen LogP) is 1.05. The van der Waals surface area contributed by atoms with E-state index in [1.165, 1.54) is 0 Å². The van der Waals surface area contributed by atoms with Crippen molar-refractivity contribution >= 4 is 16.8 Å². The smallest absolute Gasteiger partial charge is 0.258 e. The first kappa shape index (κ1) is 15.9. The van der Waals surface area contributed by atoms with Crippen LogP contribution in [0.1, 0.15) is 12.7 Å². The summed E-state index contributed by atoms with van der Waals surface area (Å²) in [6, 6.07) is 6.84. The third-order valence-electron chi connectivity index (χ3n) is 3.52. The van der Waals surface area contributed by atoms with Gasteiger partial charge in [0.1, 0.15) is 5.82 Å². The summed E-state index contributed by atoms with van der Waals surface area (Å²) >= 11 is 0. The molecule has 0 aliphatic rings. The van der Waals surface area contributed by atoms with Crippen molar-refractivity contribution in [2.45, 2.75) is 19.5 Å². The van der Waals surface area contributed by atoms with Gasteiger partial charge >= 0.3 is 0 Å². The van der Waals surface area contributed by atoms with Crippen molar-refractivity contribution in [3.05, 3.63) is 53.1 Å². The maximum Gasteiger partial charge on any atom is 0.258 e. The normalized spacial score (nSPS) is 12.3. The average molecular weight is 300 g/mol. The van der Waals surface area contributed by atoms with Crippen LogP contribution in [0.4, 0.5) is 0 Å². The van der Waals surface area contributed by atoms with E-state index < -0.39 is 0 Å². The standard InChI is InChI=1S/C16H20N4O2/c1-4-9-17-15(21)11(2)20(3)10-14-18-13-8-6-5-7-12(13)16(22)19-14/h4-8,11H,1,9-10H2,2-3H3,(H,17,21)(H,18,19,22)/t11-/m1/s1. The highest BCUT2D eigenvalue weighted by atomic mass is 16.2. The molecule has 2 rings (SSSR count). The summed E-state index contributed by atoms with van der Waals surface area (Å²) in [6.45, 7) is 6.18. The van der Waals surface area contributed by atoms with Gasteiger partial charge in [0.2, 0.25) is 5.91 Å². The van der Waals surface area contributed by atoms with Crippen LogP contribution in [-0.4, -0.2) is 40.4 Å². The molecule has 6 heteroatoms. The van der Waals surface area contributed by atoms with Gasteiger partial charge in [-0.25, -0.2) is 4.98 Å². The van der Waals surface area contributed by atoms with Gasteiger partial charge in [-0.1, -0.05) is 18.2 Å². The van der Waals surface area contributed by atoms with Crippen LogP contribution in [0, 0.1) is 0 Å². The van der Waals surface area contributed by atoms with Crippen LogP contribution in [0.3, 0.4) is 0 Å². The Morgan fingerprint density at radius 2 is 2.23 bits per heavy atom. The number of carbonyl (C=O) groups is 1. The number of aromatic amines is 1. The number of fused-ring (bicyclic) bond motifs is 1. The fourth-order valence-corrected chi connectivity index (χ4v) is 2.10. The van der Waals surface area contributed by atoms with E-state index in [1.54, 1.807) is 31.2 Å². The van der Waals surface area contributed by atoms with E-state index in [4.69, 9.17) is 0 Å². The van der Waals surface area contributed by atoms with Gasteiger partial charge in [-0.15, -0.1) is 6.58 Å². The summed E-state index contributed by atoms with van der Waals surface area (Å²) in [5, 5.41) is 3.31. The molecule has 6 nitrogen and oxygen atoms in total. The van der Waals surface area contributed by atoms with Gasteiger partial charge in [-0.3, -0.25) is 14.5 Å². The van der Waals surface area contributed by atoms with Gasteiger partial charge in [0.05, 0.1) is 23.5 Å². The first-order chi connectivity index (χ1) is 10.5. The molecule has 0 bridgehead atoms. The molecule has 2 aromatic rings. The number of rotatable bonds is 6. The monoisotopic (exact) mass is 300 g/mol. The lowest BCUT2D eigenvalue weighted by Gasteiger charge is -2.23. The van der Waals surface area contributed by atoms with Crippen molar-refractivity contribution in [1.82, 2.24) is 20.2 Å². The maximum absolute atomic E-state index is 12.0. The third kappa shape index (κ3) is 3.59. The number of nitrogens with zero attached hydrogens (tertiary/aromatic N) is 2. The SMILES string of the molecule is C=CCNC(=O)[C@@H](C)N(C)Cc1nc2ccccc2c(=O)[nH]1. The van der Waals surface area contributed by atoms with Crippen molar-refractivity contribution < 1.29 is 4.79 Å². The van der Waals surface area contributed by atoms with E-state index >= 15 is 0 Å². The lowest BCUT2D eigenvalue weighted by atomic mass is 10.2. The van der Waals surface area contributed by atoms with Crippen LogP contribution in [-0.2, 0) is 11.3 Å². The Balaban J connectivity index is 2.14. The molecule has 22 heavy (non-hydrogen) atoms. The van der Waals surface area contributed by atoms with Crippen molar-refractivity contribution in [3.8, 4) is 0 Å². The second kappa shape index (κ2) is 7.00. The molecule has 1 atom stereocenters. The fourth-order valence-electron chi connectivity index (χ4n) is 2.10. The van der Waals surface area contributed by atoms with E-state index in [-0.39, 0.29) is 17.5 Å². The lowest BCUT2D eigenvalue weighted by molar-refractivity contribution is -0.125. The molecule has 1 amide bonds. The summed E-state index contributed by atoms with van der Waals surface area (Å²) in [5.74, 6) is 0.445. The minimum Gasteiger partial charge on any atom is -0.351 e. The molecule has 1 aromatic heterocycles. The van der Waals surface area contributed by atoms with Crippen LogP contribution < -0.4 is 10.9 Å². The molecule has 1 aromatic carbocycles. The van der Waals surface area contributed by atoms with E-state index in [1.807, 2.05) is 18.0 Å². The molecule has 0 fully saturated rings. The number of carbonyl (C=O) groups excluding carboxylic acids is 1. The number of nitrogens with one attached hydrogen (secondary N) is 2. The molecular weight excluding hydrogens is 280 g/mol. The van der Waals surface area contributed by atoms with Gasteiger partial charge in [-0.2, -0.15) is 0 Å². The van der Waals surface area contributed by atoms with E-state index in [2.05, 4.69) is 21.9 Å². The van der Waals surface area contributed by atoms with Crippen LogP contribution >= 0.6 is 0 Å². The number of benzene rings is 1. The largest absolute Gasteiger partial charge is 0.351 e. The second-order valence-electron chi connectivity index (χ2n) is 5.15. The van der Waals surface area contributed by atoms with Crippen LogP contribution in [0.25, 0.3) is 10.9 Å². The number of aromatic nitrogens is 2. The summed E-state index contributed by atoms with van der Waals surface area (Å²) < 4.78 is 0. The summed E-state index contributed by atoms with van der Waals surface area (Å²) in [5.41, 5.74) is 0.483. The number of para-hydroxylation sites is 1. The van der Waals surface area contributed by atoms with Gasteiger partial charge in [0.15, 0.2) is 0 Å². The zero-order chi connectivity index (χ0) is 16.1. The van der Waals surface area contributed by atoms with Gasteiger partial charge in [0.25, 0.3) is 5.56 Å². The Hall–Kier alpha value is -2.47. The Bertz CT molecular complexity index is 738. The Kier molecular flexibility index (Phi) is 5.06. The molecule has 0 saturated heterocycles. The summed E-state index contributed by atoms with van der Waals surface area (Å²) in [6.07, 6.45) is 1.63. The first-order valence-corrected chi connectivity index (χ1v) is 7.09. The minimum absolute atomic E-state index is 0.0921. The maximum atomic E-state index is 12.0. The zero-order valence-electron chi connectivity index (χ0n) is 12.8. The van der Waals surface area contributed by atoms with E-state index in [9.17, 15) is 9.59 Å². The molecular formula is C16H20N4O2. The molecule has 2 N–H and O–H groups in total. The molecule has 0 unspecified atom stereocenters. The van der Waals surface area contributed by atoms with E-state index in [0.717, 1.165) is 0 Å². The quantitative estimate of drug-likeness (QED) is 0.782. The summed E-state index contributed by atoms with van der Waals surface area (Å²) in [4.78, 5) is 33.0. The van der Waals surface area contributed by atoms with Gasteiger partial charge in [0, 0.05) is 6.54 Å². The predicted molar refractivity (Wildman–Crippen MR) is 86.5 cm³/mol. The zero-order valence-corrected chi connectivity index (χ0v) is 12.8. The number of likely N-dealkylation sites (N-methyl/N-ethyl adjacent to an activating group) is 1. The molecule has 1 heterocycles. The summed E-state index contributed by atoms with van der Waals surface area (Å²) in [7, 11) is 1.81. The number of H-pyrrole nitrogens is 1. The molecule has 0 saturated carbocycles. The highest BCUT2D eigenvalue weighted by Gasteiger charge is 2.18. The highest BCUT2D eigenvalue weighted by molar-refractivity contribution is 5.81. The fraction of sp³-hybridized carbons (Fsp3) is 0.312. The van der Waals surface area contributed by atoms with Gasteiger partial charge < -0.3 is 10.3 Å². The van der Waals surface area contributed by atoms with Gasteiger partial charge in [-0.05, 0) is 26.1 Å². The van der Waals surface area contributed by atoms with Crippen LogP contribution in [0.5, 0.6) is 0 Å². The van der Waals surface area contributed by atoms with Crippen molar-refractivity contribution in [2.75, 3.05) is 13.6 Å². The number of amides is 1. The Labute approximate surface area is 128 Å².